The molecule has 0 aliphatic rings. The van der Waals surface area contributed by atoms with Crippen molar-refractivity contribution in [2.75, 3.05) is 5.73 Å². The first-order chi connectivity index (χ1) is 7.16. The third-order valence-corrected chi connectivity index (χ3v) is 2.64. The molecule has 15 heavy (non-hydrogen) atoms. The molecule has 0 saturated heterocycles. The number of nitrogens with two attached hydrogens (primary N) is 1. The Morgan fingerprint density at radius 3 is 2.33 bits per heavy atom. The van der Waals surface area contributed by atoms with Gasteiger partial charge < -0.3 is 5.73 Å². The molecule has 1 nitrogen and oxygen atoms in total. The number of halogens is 2. The molecule has 0 heterocycles. The monoisotopic (exact) mass is 265 g/mol. The van der Waals surface area contributed by atoms with Crippen molar-refractivity contribution in [1.29, 1.82) is 0 Å². The molecule has 0 radical (unpaired) electrons. The first-order valence-electron chi connectivity index (χ1n) is 4.48. The van der Waals surface area contributed by atoms with Crippen LogP contribution in [0.4, 0.5) is 10.1 Å². The number of benzene rings is 2. The molecule has 3 heteroatoms. The molecule has 0 fully saturated rings. The lowest BCUT2D eigenvalue weighted by Crippen LogP contribution is -1.86. The molecule has 0 aliphatic carbocycles. The van der Waals surface area contributed by atoms with E-state index in [9.17, 15) is 4.39 Å². The van der Waals surface area contributed by atoms with E-state index in [1.54, 1.807) is 36.4 Å². The minimum atomic E-state index is -0.233. The molecule has 76 valence electrons. The number of nitrogen functional groups attached to an aromatic ring is 1. The number of rotatable bonds is 1. The summed E-state index contributed by atoms with van der Waals surface area (Å²) in [6, 6.07) is 12.0. The molecule has 0 aromatic heterocycles. The predicted molar refractivity (Wildman–Crippen MR) is 63.9 cm³/mol. The summed E-state index contributed by atoms with van der Waals surface area (Å²) in [6.07, 6.45) is 0. The largest absolute Gasteiger partial charge is 0.399 e. The summed E-state index contributed by atoms with van der Waals surface area (Å²) in [6.45, 7) is 0. The SMILES string of the molecule is Nc1ccc(-c2cc(Br)ccc2F)cc1. The van der Waals surface area contributed by atoms with Crippen molar-refractivity contribution in [3.8, 4) is 11.1 Å². The van der Waals surface area contributed by atoms with Gasteiger partial charge in [-0.15, -0.1) is 0 Å². The molecule has 0 bridgehead atoms. The van der Waals surface area contributed by atoms with Crippen molar-refractivity contribution < 1.29 is 4.39 Å². The Labute approximate surface area is 95.9 Å². The highest BCUT2D eigenvalue weighted by Gasteiger charge is 2.04. The molecule has 2 aromatic rings. The maximum absolute atomic E-state index is 13.5. The van der Waals surface area contributed by atoms with Crippen molar-refractivity contribution in [1.82, 2.24) is 0 Å². The topological polar surface area (TPSA) is 26.0 Å². The van der Waals surface area contributed by atoms with E-state index in [4.69, 9.17) is 5.73 Å². The zero-order chi connectivity index (χ0) is 10.8. The van der Waals surface area contributed by atoms with E-state index in [0.717, 1.165) is 10.0 Å². The van der Waals surface area contributed by atoms with Crippen LogP contribution in [0.3, 0.4) is 0 Å². The fourth-order valence-corrected chi connectivity index (χ4v) is 1.74. The van der Waals surface area contributed by atoms with Gasteiger partial charge in [-0.2, -0.15) is 0 Å². The first kappa shape index (κ1) is 10.2. The fourth-order valence-electron chi connectivity index (χ4n) is 1.38. The third-order valence-electron chi connectivity index (χ3n) is 2.15. The summed E-state index contributed by atoms with van der Waals surface area (Å²) in [5.41, 5.74) is 7.64. The Morgan fingerprint density at radius 2 is 1.67 bits per heavy atom. The van der Waals surface area contributed by atoms with E-state index in [1.165, 1.54) is 6.07 Å². The highest BCUT2D eigenvalue weighted by atomic mass is 79.9. The van der Waals surface area contributed by atoms with E-state index in [1.807, 2.05) is 0 Å². The normalized spacial score (nSPS) is 10.3. The molecule has 0 unspecified atom stereocenters. The third kappa shape index (κ3) is 2.18. The fraction of sp³-hybridized carbons (Fsp3) is 0. The average Bonchev–Trinajstić information content (AvgIpc) is 2.23. The van der Waals surface area contributed by atoms with Crippen molar-refractivity contribution >= 4 is 21.6 Å². The van der Waals surface area contributed by atoms with Gasteiger partial charge in [0.15, 0.2) is 0 Å². The van der Waals surface area contributed by atoms with Crippen LogP contribution in [-0.4, -0.2) is 0 Å². The van der Waals surface area contributed by atoms with Crippen LogP contribution in [0.5, 0.6) is 0 Å². The van der Waals surface area contributed by atoms with Gasteiger partial charge >= 0.3 is 0 Å². The second kappa shape index (κ2) is 4.03. The van der Waals surface area contributed by atoms with Gasteiger partial charge in [-0.05, 0) is 35.9 Å². The zero-order valence-electron chi connectivity index (χ0n) is 7.87. The van der Waals surface area contributed by atoms with Gasteiger partial charge in [0.05, 0.1) is 0 Å². The van der Waals surface area contributed by atoms with Crippen molar-refractivity contribution in [2.45, 2.75) is 0 Å². The number of anilines is 1. The Kier molecular flexibility index (Phi) is 2.73. The Balaban J connectivity index is 2.53. The summed E-state index contributed by atoms with van der Waals surface area (Å²) in [4.78, 5) is 0. The van der Waals surface area contributed by atoms with Crippen LogP contribution in [0.15, 0.2) is 46.9 Å². The maximum atomic E-state index is 13.5. The van der Waals surface area contributed by atoms with Gasteiger partial charge in [-0.1, -0.05) is 28.1 Å². The summed E-state index contributed by atoms with van der Waals surface area (Å²) < 4.78 is 14.4. The van der Waals surface area contributed by atoms with Gasteiger partial charge in [0, 0.05) is 15.7 Å². The smallest absolute Gasteiger partial charge is 0.131 e. The van der Waals surface area contributed by atoms with Crippen LogP contribution in [0, 0.1) is 5.82 Å². The van der Waals surface area contributed by atoms with Gasteiger partial charge in [0.2, 0.25) is 0 Å². The van der Waals surface area contributed by atoms with Crippen LogP contribution in [0.25, 0.3) is 11.1 Å². The van der Waals surface area contributed by atoms with Gasteiger partial charge in [0.25, 0.3) is 0 Å². The first-order valence-corrected chi connectivity index (χ1v) is 5.27. The lowest BCUT2D eigenvalue weighted by Gasteiger charge is -2.04. The van der Waals surface area contributed by atoms with Crippen LogP contribution in [0.2, 0.25) is 0 Å². The van der Waals surface area contributed by atoms with E-state index in [-0.39, 0.29) is 5.82 Å². The minimum Gasteiger partial charge on any atom is -0.399 e. The number of hydrogen-bond acceptors (Lipinski definition) is 1. The van der Waals surface area contributed by atoms with E-state index in [0.29, 0.717) is 11.3 Å². The Hall–Kier alpha value is -1.35. The van der Waals surface area contributed by atoms with Crippen LogP contribution < -0.4 is 5.73 Å². The Bertz CT molecular complexity index is 479. The molecule has 0 atom stereocenters. The maximum Gasteiger partial charge on any atom is 0.131 e. The van der Waals surface area contributed by atoms with E-state index in [2.05, 4.69) is 15.9 Å². The van der Waals surface area contributed by atoms with Crippen LogP contribution in [-0.2, 0) is 0 Å². The second-order valence-corrected chi connectivity index (χ2v) is 4.16. The van der Waals surface area contributed by atoms with Gasteiger partial charge in [-0.25, -0.2) is 4.39 Å². The zero-order valence-corrected chi connectivity index (χ0v) is 9.46. The Morgan fingerprint density at radius 1 is 1.00 bits per heavy atom. The molecule has 0 spiro atoms. The van der Waals surface area contributed by atoms with Crippen molar-refractivity contribution in [2.24, 2.45) is 0 Å². The summed E-state index contributed by atoms with van der Waals surface area (Å²) in [5, 5.41) is 0. The average molecular weight is 266 g/mol. The predicted octanol–water partition coefficient (Wildman–Crippen LogP) is 3.84. The summed E-state index contributed by atoms with van der Waals surface area (Å²) in [7, 11) is 0. The quantitative estimate of drug-likeness (QED) is 0.780. The molecule has 2 N–H and O–H groups in total. The molecular formula is C12H9BrFN. The molecule has 0 aliphatic heterocycles. The van der Waals surface area contributed by atoms with Crippen molar-refractivity contribution in [3.63, 3.8) is 0 Å². The highest BCUT2D eigenvalue weighted by molar-refractivity contribution is 9.10. The molecular weight excluding hydrogens is 257 g/mol. The highest BCUT2D eigenvalue weighted by Crippen LogP contribution is 2.26. The second-order valence-electron chi connectivity index (χ2n) is 3.25. The molecule has 0 saturated carbocycles. The van der Waals surface area contributed by atoms with E-state index >= 15 is 0 Å². The lowest BCUT2D eigenvalue weighted by molar-refractivity contribution is 0.631. The number of hydrogen-bond donors (Lipinski definition) is 1. The molecule has 2 aromatic carbocycles. The van der Waals surface area contributed by atoms with Gasteiger partial charge in [0.1, 0.15) is 5.82 Å². The van der Waals surface area contributed by atoms with Gasteiger partial charge in [-0.3, -0.25) is 0 Å². The van der Waals surface area contributed by atoms with Crippen LogP contribution in [0.1, 0.15) is 0 Å². The standard InChI is InChI=1S/C12H9BrFN/c13-9-3-6-12(14)11(7-9)8-1-4-10(15)5-2-8/h1-7H,15H2. The lowest BCUT2D eigenvalue weighted by atomic mass is 10.1. The van der Waals surface area contributed by atoms with Crippen molar-refractivity contribution in [3.05, 3.63) is 52.8 Å². The van der Waals surface area contributed by atoms with Crippen LogP contribution >= 0.6 is 15.9 Å². The minimum absolute atomic E-state index is 0.233. The molecule has 0 amide bonds. The van der Waals surface area contributed by atoms with E-state index < -0.39 is 0 Å². The summed E-state index contributed by atoms with van der Waals surface area (Å²) in [5.74, 6) is -0.233. The summed E-state index contributed by atoms with van der Waals surface area (Å²) >= 11 is 3.32. The molecule has 2 rings (SSSR count).